The molecule has 6 N–H and O–H groups in total. The van der Waals surface area contributed by atoms with E-state index in [9.17, 15) is 24.3 Å². The Hall–Kier alpha value is -2.94. The first-order valence-electron chi connectivity index (χ1n) is 11.8. The van der Waals surface area contributed by atoms with Crippen LogP contribution in [-0.2, 0) is 25.6 Å². The molecule has 190 valence electrons. The first kappa shape index (κ1) is 29.1. The Labute approximate surface area is 202 Å². The second kappa shape index (κ2) is 13.7. The van der Waals surface area contributed by atoms with E-state index in [2.05, 4.69) is 16.0 Å². The Morgan fingerprint density at radius 2 is 1.38 bits per heavy atom. The maximum Gasteiger partial charge on any atom is 0.326 e. The number of benzene rings is 1. The molecule has 9 nitrogen and oxygen atoms in total. The average Bonchev–Trinajstić information content (AvgIpc) is 2.79. The minimum absolute atomic E-state index is 0.122. The van der Waals surface area contributed by atoms with Gasteiger partial charge in [0.25, 0.3) is 0 Å². The third kappa shape index (κ3) is 8.78. The highest BCUT2D eigenvalue weighted by Gasteiger charge is 2.33. The molecule has 5 atom stereocenters. The smallest absolute Gasteiger partial charge is 0.326 e. The van der Waals surface area contributed by atoms with Gasteiger partial charge in [-0.3, -0.25) is 14.4 Å². The minimum atomic E-state index is -1.14. The number of nitrogens with two attached hydrogens (primary N) is 1. The molecule has 1 aromatic carbocycles. The van der Waals surface area contributed by atoms with E-state index in [0.29, 0.717) is 6.42 Å². The Balaban J connectivity index is 3.14. The third-order valence-electron chi connectivity index (χ3n) is 5.96. The third-order valence-corrected chi connectivity index (χ3v) is 5.96. The van der Waals surface area contributed by atoms with Crippen molar-refractivity contribution in [1.82, 2.24) is 16.0 Å². The predicted octanol–water partition coefficient (Wildman–Crippen LogP) is 1.45. The summed E-state index contributed by atoms with van der Waals surface area (Å²) >= 11 is 0. The Morgan fingerprint density at radius 1 is 0.824 bits per heavy atom. The fraction of sp³-hybridized carbons (Fsp3) is 0.600. The van der Waals surface area contributed by atoms with Gasteiger partial charge in [0, 0.05) is 6.42 Å². The van der Waals surface area contributed by atoms with E-state index in [4.69, 9.17) is 5.73 Å². The normalized spacial score (nSPS) is 15.7. The molecule has 3 amide bonds. The zero-order valence-corrected chi connectivity index (χ0v) is 21.0. The number of amides is 3. The molecular formula is C25H40N4O5. The molecule has 0 bridgehead atoms. The van der Waals surface area contributed by atoms with Gasteiger partial charge in [-0.25, -0.2) is 4.79 Å². The Morgan fingerprint density at radius 3 is 1.85 bits per heavy atom. The first-order valence-corrected chi connectivity index (χ1v) is 11.8. The highest BCUT2D eigenvalue weighted by atomic mass is 16.4. The summed E-state index contributed by atoms with van der Waals surface area (Å²) in [6, 6.07) is 5.40. The first-order chi connectivity index (χ1) is 15.9. The highest BCUT2D eigenvalue weighted by molar-refractivity contribution is 5.94. The molecule has 0 radical (unpaired) electrons. The van der Waals surface area contributed by atoms with E-state index < -0.39 is 47.9 Å². The monoisotopic (exact) mass is 476 g/mol. The quantitative estimate of drug-likeness (QED) is 0.291. The van der Waals surface area contributed by atoms with Crippen molar-refractivity contribution in [3.8, 4) is 0 Å². The Kier molecular flexibility index (Phi) is 11.7. The van der Waals surface area contributed by atoms with Gasteiger partial charge in [-0.2, -0.15) is 0 Å². The summed E-state index contributed by atoms with van der Waals surface area (Å²) in [6.45, 7) is 10.7. The van der Waals surface area contributed by atoms with Crippen LogP contribution in [0, 0.1) is 17.8 Å². The number of carboxylic acids is 1. The average molecular weight is 477 g/mol. The van der Waals surface area contributed by atoms with E-state index in [1.807, 2.05) is 51.1 Å². The van der Waals surface area contributed by atoms with E-state index in [0.717, 1.165) is 5.56 Å². The molecular weight excluding hydrogens is 436 g/mol. The molecule has 0 aliphatic rings. The van der Waals surface area contributed by atoms with Gasteiger partial charge in [-0.05, 0) is 23.3 Å². The summed E-state index contributed by atoms with van der Waals surface area (Å²) < 4.78 is 0. The van der Waals surface area contributed by atoms with E-state index in [-0.39, 0.29) is 24.2 Å². The second-order valence-corrected chi connectivity index (χ2v) is 9.46. The van der Waals surface area contributed by atoms with E-state index >= 15 is 0 Å². The Bertz CT molecular complexity index is 828. The topological polar surface area (TPSA) is 151 Å². The molecule has 0 saturated heterocycles. The lowest BCUT2D eigenvalue weighted by atomic mass is 9.95. The summed E-state index contributed by atoms with van der Waals surface area (Å²) in [7, 11) is 0. The van der Waals surface area contributed by atoms with Crippen molar-refractivity contribution in [3.63, 3.8) is 0 Å². The molecule has 0 aromatic heterocycles. The van der Waals surface area contributed by atoms with Crippen LogP contribution < -0.4 is 21.7 Å². The van der Waals surface area contributed by atoms with Crippen molar-refractivity contribution in [3.05, 3.63) is 35.9 Å². The van der Waals surface area contributed by atoms with Gasteiger partial charge in [0.15, 0.2) is 0 Å². The van der Waals surface area contributed by atoms with Gasteiger partial charge in [0.05, 0.1) is 6.04 Å². The number of hydrogen-bond acceptors (Lipinski definition) is 5. The molecule has 34 heavy (non-hydrogen) atoms. The van der Waals surface area contributed by atoms with Crippen LogP contribution in [0.4, 0.5) is 0 Å². The number of hydrogen-bond donors (Lipinski definition) is 5. The van der Waals surface area contributed by atoms with Crippen LogP contribution in [0.5, 0.6) is 0 Å². The summed E-state index contributed by atoms with van der Waals surface area (Å²) in [6.07, 6.45) is 0.785. The molecule has 0 aliphatic heterocycles. The summed E-state index contributed by atoms with van der Waals surface area (Å²) in [5, 5.41) is 17.4. The largest absolute Gasteiger partial charge is 0.480 e. The van der Waals surface area contributed by atoms with Crippen LogP contribution in [-0.4, -0.2) is 53.0 Å². The van der Waals surface area contributed by atoms with Gasteiger partial charge >= 0.3 is 5.97 Å². The zero-order chi connectivity index (χ0) is 26.0. The fourth-order valence-electron chi connectivity index (χ4n) is 3.34. The van der Waals surface area contributed by atoms with Crippen LogP contribution in [0.1, 0.15) is 53.5 Å². The molecule has 1 rings (SSSR count). The lowest BCUT2D eigenvalue weighted by molar-refractivity contribution is -0.144. The lowest BCUT2D eigenvalue weighted by Crippen LogP contribution is -2.59. The molecule has 0 spiro atoms. The van der Waals surface area contributed by atoms with Gasteiger partial charge in [0.1, 0.15) is 18.1 Å². The van der Waals surface area contributed by atoms with E-state index in [1.54, 1.807) is 20.8 Å². The number of nitrogens with one attached hydrogen (secondary N) is 3. The maximum absolute atomic E-state index is 13.3. The summed E-state index contributed by atoms with van der Waals surface area (Å²) in [5.74, 6) is -3.44. The highest BCUT2D eigenvalue weighted by Crippen LogP contribution is 2.12. The number of carboxylic acid groups (broad SMARTS) is 1. The van der Waals surface area contributed by atoms with Gasteiger partial charge in [-0.15, -0.1) is 0 Å². The number of carbonyl (C=O) groups excluding carboxylic acids is 3. The maximum atomic E-state index is 13.3. The van der Waals surface area contributed by atoms with Crippen LogP contribution in [0.25, 0.3) is 0 Å². The molecule has 0 heterocycles. The van der Waals surface area contributed by atoms with Crippen molar-refractivity contribution in [2.24, 2.45) is 23.5 Å². The molecule has 0 saturated carbocycles. The molecule has 5 unspecified atom stereocenters. The van der Waals surface area contributed by atoms with Gasteiger partial charge in [0.2, 0.25) is 17.7 Å². The molecule has 9 heteroatoms. The number of carbonyl (C=O) groups is 4. The van der Waals surface area contributed by atoms with Crippen molar-refractivity contribution >= 4 is 23.7 Å². The van der Waals surface area contributed by atoms with Crippen LogP contribution >= 0.6 is 0 Å². The summed E-state index contributed by atoms with van der Waals surface area (Å²) in [4.78, 5) is 50.5. The molecule has 1 aromatic rings. The van der Waals surface area contributed by atoms with Crippen LogP contribution in [0.3, 0.4) is 0 Å². The SMILES string of the molecule is CCC(C)C(NC(=O)C(Cc1ccccc1)NC(=O)C(N)C(C)C)C(=O)NC(C(=O)O)C(C)C. The van der Waals surface area contributed by atoms with Gasteiger partial charge in [-0.1, -0.05) is 78.3 Å². The minimum Gasteiger partial charge on any atom is -0.480 e. The van der Waals surface area contributed by atoms with Gasteiger partial charge < -0.3 is 26.8 Å². The second-order valence-electron chi connectivity index (χ2n) is 9.46. The molecule has 0 fully saturated rings. The number of aliphatic carboxylic acids is 1. The number of rotatable bonds is 13. The van der Waals surface area contributed by atoms with Crippen molar-refractivity contribution in [1.29, 1.82) is 0 Å². The van der Waals surface area contributed by atoms with Crippen molar-refractivity contribution in [2.75, 3.05) is 0 Å². The fourth-order valence-corrected chi connectivity index (χ4v) is 3.34. The zero-order valence-electron chi connectivity index (χ0n) is 21.0. The van der Waals surface area contributed by atoms with Crippen molar-refractivity contribution in [2.45, 2.75) is 78.6 Å². The van der Waals surface area contributed by atoms with Crippen LogP contribution in [0.2, 0.25) is 0 Å². The van der Waals surface area contributed by atoms with Crippen molar-refractivity contribution < 1.29 is 24.3 Å². The standard InChI is InChI=1S/C25H40N4O5/c1-7-16(6)21(24(32)28-20(15(4)5)25(33)34)29-22(30)18(13-17-11-9-8-10-12-17)27-23(31)19(26)14(2)3/h8-12,14-16,18-21H,7,13,26H2,1-6H3,(H,27,31)(H,28,32)(H,29,30)(H,33,34). The van der Waals surface area contributed by atoms with Crippen LogP contribution in [0.15, 0.2) is 30.3 Å². The predicted molar refractivity (Wildman–Crippen MR) is 131 cm³/mol. The molecule has 0 aliphatic carbocycles. The lowest BCUT2D eigenvalue weighted by Gasteiger charge is -2.29. The van der Waals surface area contributed by atoms with E-state index in [1.165, 1.54) is 0 Å². The summed E-state index contributed by atoms with van der Waals surface area (Å²) in [5.41, 5.74) is 6.80.